The van der Waals surface area contributed by atoms with Crippen molar-refractivity contribution in [1.82, 2.24) is 20.0 Å². The summed E-state index contributed by atoms with van der Waals surface area (Å²) in [7, 11) is 0. The molecule has 2 amide bonds. The molecule has 2 unspecified atom stereocenters. The first kappa shape index (κ1) is 26.0. The monoisotopic (exact) mass is 512 g/mol. The van der Waals surface area contributed by atoms with Gasteiger partial charge in [0.25, 0.3) is 5.91 Å². The van der Waals surface area contributed by atoms with Crippen LogP contribution in [0.2, 0.25) is 0 Å². The van der Waals surface area contributed by atoms with E-state index in [-0.39, 0.29) is 18.0 Å². The summed E-state index contributed by atoms with van der Waals surface area (Å²) in [6.45, 7) is 6.92. The normalized spacial score (nSPS) is 24.5. The number of carbonyl (C=O) groups is 2. The molecular formula is C28H40N4O5. The maximum atomic E-state index is 13.4. The molecule has 1 aliphatic carbocycles. The van der Waals surface area contributed by atoms with Gasteiger partial charge in [0.05, 0.1) is 17.2 Å². The Kier molecular flexibility index (Phi) is 7.20. The average Bonchev–Trinajstić information content (AvgIpc) is 3.17. The zero-order valence-corrected chi connectivity index (χ0v) is 22.2. The Hall–Kier alpha value is -2.65. The highest BCUT2D eigenvalue weighted by Gasteiger charge is 2.41. The van der Waals surface area contributed by atoms with Crippen LogP contribution in [0.25, 0.3) is 10.9 Å². The standard InChI is InChI=1S/C28H40N4O5/c1-27(2,3)37-26(34)31-18-19(11-12-21(31)17-28(35)13-15-36-16-14-28)29-25(33)24-22-9-4-5-10-23(22)32(30-24)20-7-6-8-20/h4-5,9-10,19-21,35H,6-8,11-18H2,1-3H3,(H,29,33). The van der Waals surface area contributed by atoms with E-state index in [0.717, 1.165) is 23.7 Å². The molecule has 37 heavy (non-hydrogen) atoms. The van der Waals surface area contributed by atoms with E-state index in [4.69, 9.17) is 14.6 Å². The number of carbonyl (C=O) groups excluding carboxylic acids is 2. The van der Waals surface area contributed by atoms with Crippen LogP contribution in [0.4, 0.5) is 4.79 Å². The molecule has 1 saturated carbocycles. The summed E-state index contributed by atoms with van der Waals surface area (Å²) in [4.78, 5) is 28.4. The molecule has 5 rings (SSSR count). The van der Waals surface area contributed by atoms with Gasteiger partial charge in [0.2, 0.25) is 0 Å². The minimum absolute atomic E-state index is 0.162. The maximum Gasteiger partial charge on any atom is 0.410 e. The van der Waals surface area contributed by atoms with Crippen LogP contribution in [-0.4, -0.2) is 74.8 Å². The highest BCUT2D eigenvalue weighted by molar-refractivity contribution is 6.05. The van der Waals surface area contributed by atoms with Crippen LogP contribution in [0.3, 0.4) is 0 Å². The second kappa shape index (κ2) is 10.3. The van der Waals surface area contributed by atoms with E-state index in [1.807, 2.05) is 49.7 Å². The Labute approximate surface area is 218 Å². The van der Waals surface area contributed by atoms with Crippen LogP contribution in [0.5, 0.6) is 0 Å². The quantitative estimate of drug-likeness (QED) is 0.622. The Morgan fingerprint density at radius 2 is 1.89 bits per heavy atom. The second-order valence-corrected chi connectivity index (χ2v) is 12.0. The molecule has 2 saturated heterocycles. The number of benzene rings is 1. The first-order valence-electron chi connectivity index (χ1n) is 13.7. The van der Waals surface area contributed by atoms with Crippen molar-refractivity contribution in [3.63, 3.8) is 0 Å². The van der Waals surface area contributed by atoms with Crippen molar-refractivity contribution >= 4 is 22.9 Å². The van der Waals surface area contributed by atoms with Gasteiger partial charge in [-0.25, -0.2) is 4.79 Å². The number of hydrogen-bond acceptors (Lipinski definition) is 6. The number of fused-ring (bicyclic) bond motifs is 1. The number of hydrogen-bond donors (Lipinski definition) is 2. The summed E-state index contributed by atoms with van der Waals surface area (Å²) in [6, 6.07) is 7.84. The molecule has 9 nitrogen and oxygen atoms in total. The fraction of sp³-hybridized carbons (Fsp3) is 0.679. The van der Waals surface area contributed by atoms with Gasteiger partial charge in [-0.3, -0.25) is 9.48 Å². The van der Waals surface area contributed by atoms with Gasteiger partial charge in [-0.2, -0.15) is 5.10 Å². The third-order valence-corrected chi connectivity index (χ3v) is 7.96. The lowest BCUT2D eigenvalue weighted by atomic mass is 9.83. The summed E-state index contributed by atoms with van der Waals surface area (Å²) in [6.07, 6.45) is 5.92. The third kappa shape index (κ3) is 5.77. The van der Waals surface area contributed by atoms with Crippen molar-refractivity contribution in [2.24, 2.45) is 0 Å². The largest absolute Gasteiger partial charge is 0.444 e. The Morgan fingerprint density at radius 1 is 1.16 bits per heavy atom. The number of nitrogens with one attached hydrogen (secondary N) is 1. The topological polar surface area (TPSA) is 106 Å². The van der Waals surface area contributed by atoms with Gasteiger partial charge in [-0.1, -0.05) is 18.2 Å². The molecule has 202 valence electrons. The fourth-order valence-electron chi connectivity index (χ4n) is 5.72. The van der Waals surface area contributed by atoms with Gasteiger partial charge < -0.3 is 24.8 Å². The molecule has 3 fully saturated rings. The molecule has 0 radical (unpaired) electrons. The zero-order chi connectivity index (χ0) is 26.2. The summed E-state index contributed by atoms with van der Waals surface area (Å²) in [5, 5.41) is 19.9. The minimum Gasteiger partial charge on any atom is -0.444 e. The van der Waals surface area contributed by atoms with Crippen molar-refractivity contribution in [3.05, 3.63) is 30.0 Å². The van der Waals surface area contributed by atoms with Crippen molar-refractivity contribution < 1.29 is 24.2 Å². The van der Waals surface area contributed by atoms with Crippen molar-refractivity contribution in [3.8, 4) is 0 Å². The van der Waals surface area contributed by atoms with Crippen LogP contribution in [-0.2, 0) is 9.47 Å². The van der Waals surface area contributed by atoms with E-state index in [0.29, 0.717) is 63.6 Å². The first-order valence-corrected chi connectivity index (χ1v) is 13.7. The number of ether oxygens (including phenoxy) is 2. The molecule has 2 atom stereocenters. The number of piperidine rings is 1. The van der Waals surface area contributed by atoms with Crippen LogP contribution in [0, 0.1) is 0 Å². The van der Waals surface area contributed by atoms with Crippen molar-refractivity contribution in [2.75, 3.05) is 19.8 Å². The molecule has 0 spiro atoms. The van der Waals surface area contributed by atoms with Crippen molar-refractivity contribution in [2.45, 2.75) is 101 Å². The lowest BCUT2D eigenvalue weighted by molar-refractivity contribution is -0.0848. The molecule has 3 heterocycles. The Balaban J connectivity index is 1.32. The van der Waals surface area contributed by atoms with E-state index in [2.05, 4.69) is 5.32 Å². The first-order chi connectivity index (χ1) is 17.6. The molecular weight excluding hydrogens is 472 g/mol. The van der Waals surface area contributed by atoms with Crippen LogP contribution in [0.15, 0.2) is 24.3 Å². The highest BCUT2D eigenvalue weighted by atomic mass is 16.6. The van der Waals surface area contributed by atoms with Crippen molar-refractivity contribution in [1.29, 1.82) is 0 Å². The zero-order valence-electron chi connectivity index (χ0n) is 22.2. The van der Waals surface area contributed by atoms with E-state index in [1.54, 1.807) is 4.90 Å². The lowest BCUT2D eigenvalue weighted by Gasteiger charge is -2.44. The summed E-state index contributed by atoms with van der Waals surface area (Å²) < 4.78 is 13.2. The molecule has 2 aliphatic heterocycles. The van der Waals surface area contributed by atoms with E-state index in [9.17, 15) is 14.7 Å². The number of likely N-dealkylation sites (tertiary alicyclic amines) is 1. The number of aromatic nitrogens is 2. The maximum absolute atomic E-state index is 13.4. The number of para-hydroxylation sites is 1. The van der Waals surface area contributed by atoms with E-state index < -0.39 is 17.3 Å². The summed E-state index contributed by atoms with van der Waals surface area (Å²) >= 11 is 0. The highest BCUT2D eigenvalue weighted by Crippen LogP contribution is 2.35. The van der Waals surface area contributed by atoms with E-state index >= 15 is 0 Å². The van der Waals surface area contributed by atoms with Gasteiger partial charge in [0.1, 0.15) is 5.60 Å². The number of amides is 2. The number of nitrogens with zero attached hydrogens (tertiary/aromatic N) is 3. The van der Waals surface area contributed by atoms with Gasteiger partial charge in [-0.15, -0.1) is 0 Å². The second-order valence-electron chi connectivity index (χ2n) is 12.0. The molecule has 2 aromatic rings. The number of aliphatic hydroxyl groups is 1. The van der Waals surface area contributed by atoms with Crippen LogP contribution >= 0.6 is 0 Å². The lowest BCUT2D eigenvalue weighted by Crippen LogP contribution is -2.57. The van der Waals surface area contributed by atoms with E-state index in [1.165, 1.54) is 6.42 Å². The Bertz CT molecular complexity index is 1130. The Morgan fingerprint density at radius 3 is 2.57 bits per heavy atom. The summed E-state index contributed by atoms with van der Waals surface area (Å²) in [5.41, 5.74) is -0.0705. The molecule has 2 N–H and O–H groups in total. The summed E-state index contributed by atoms with van der Waals surface area (Å²) in [5.74, 6) is -0.218. The van der Waals surface area contributed by atoms with Gasteiger partial charge in [0, 0.05) is 37.2 Å². The predicted molar refractivity (Wildman–Crippen MR) is 139 cm³/mol. The minimum atomic E-state index is -0.855. The number of rotatable bonds is 5. The molecule has 1 aromatic carbocycles. The molecule has 3 aliphatic rings. The van der Waals surface area contributed by atoms with Crippen LogP contribution < -0.4 is 5.32 Å². The average molecular weight is 513 g/mol. The van der Waals surface area contributed by atoms with Gasteiger partial charge in [0.15, 0.2) is 5.69 Å². The SMILES string of the molecule is CC(C)(C)OC(=O)N1CC(NC(=O)c2nn(C3CCC3)c3ccccc23)CCC1CC1(O)CCOCC1. The third-order valence-electron chi connectivity index (χ3n) is 7.96. The molecule has 0 bridgehead atoms. The fourth-order valence-corrected chi connectivity index (χ4v) is 5.72. The van der Waals surface area contributed by atoms with Gasteiger partial charge >= 0.3 is 6.09 Å². The predicted octanol–water partition coefficient (Wildman–Crippen LogP) is 4.19. The molecule has 9 heteroatoms. The smallest absolute Gasteiger partial charge is 0.410 e. The van der Waals surface area contributed by atoms with Gasteiger partial charge in [-0.05, 0) is 78.2 Å². The molecule has 1 aromatic heterocycles. The van der Waals surface area contributed by atoms with Crippen LogP contribution in [0.1, 0.15) is 88.7 Å².